The maximum absolute atomic E-state index is 12.0. The van der Waals surface area contributed by atoms with Crippen LogP contribution >= 0.6 is 0 Å². The van der Waals surface area contributed by atoms with E-state index in [1.54, 1.807) is 24.5 Å². The fraction of sp³-hybridized carbons (Fsp3) is 0.400. The van der Waals surface area contributed by atoms with E-state index < -0.39 is 0 Å². The minimum Gasteiger partial charge on any atom is -0.487 e. The highest BCUT2D eigenvalue weighted by Gasteiger charge is 2.28. The van der Waals surface area contributed by atoms with E-state index in [1.807, 2.05) is 13.0 Å². The smallest absolute Gasteiger partial charge is 0.273 e. The van der Waals surface area contributed by atoms with Gasteiger partial charge in [-0.2, -0.15) is 0 Å². The number of amides is 1. The van der Waals surface area contributed by atoms with Crippen LogP contribution in [-0.2, 0) is 0 Å². The van der Waals surface area contributed by atoms with Gasteiger partial charge in [0.2, 0.25) is 0 Å². The number of rotatable bonds is 6. The first-order valence-corrected chi connectivity index (χ1v) is 7.04. The van der Waals surface area contributed by atoms with Crippen molar-refractivity contribution in [2.24, 2.45) is 0 Å². The molecule has 1 aliphatic rings. The Morgan fingerprint density at radius 1 is 1.57 bits per heavy atom. The van der Waals surface area contributed by atoms with Gasteiger partial charge in [-0.15, -0.1) is 0 Å². The second-order valence-electron chi connectivity index (χ2n) is 5.22. The minimum atomic E-state index is -0.243. The molecular weight excluding hydrogens is 270 g/mol. The molecule has 1 saturated carbocycles. The molecule has 1 aliphatic carbocycles. The van der Waals surface area contributed by atoms with Crippen LogP contribution in [0.5, 0.6) is 5.75 Å². The lowest BCUT2D eigenvalue weighted by Gasteiger charge is -2.14. The van der Waals surface area contributed by atoms with Crippen molar-refractivity contribution in [1.29, 1.82) is 0 Å². The first-order chi connectivity index (χ1) is 10.2. The van der Waals surface area contributed by atoms with Crippen LogP contribution in [0.4, 0.5) is 0 Å². The van der Waals surface area contributed by atoms with E-state index in [-0.39, 0.29) is 12.0 Å². The highest BCUT2D eigenvalue weighted by molar-refractivity contribution is 5.92. The lowest BCUT2D eigenvalue weighted by Crippen LogP contribution is -2.33. The van der Waals surface area contributed by atoms with Crippen LogP contribution in [-0.4, -0.2) is 28.7 Å². The summed E-state index contributed by atoms with van der Waals surface area (Å²) in [5, 5.41) is 6.59. The number of carbonyl (C=O) groups excluding carboxylic acids is 1. The topological polar surface area (TPSA) is 77.2 Å². The van der Waals surface area contributed by atoms with Crippen molar-refractivity contribution in [1.82, 2.24) is 15.5 Å². The summed E-state index contributed by atoms with van der Waals surface area (Å²) in [7, 11) is 0. The van der Waals surface area contributed by atoms with Crippen molar-refractivity contribution < 1.29 is 14.1 Å². The molecule has 0 radical (unpaired) electrons. The summed E-state index contributed by atoms with van der Waals surface area (Å²) in [6.07, 6.45) is 5.39. The van der Waals surface area contributed by atoms with E-state index in [4.69, 9.17) is 9.26 Å². The second-order valence-corrected chi connectivity index (χ2v) is 5.22. The summed E-state index contributed by atoms with van der Waals surface area (Å²) in [5.74, 6) is 1.69. The lowest BCUT2D eigenvalue weighted by atomic mass is 10.2. The number of carbonyl (C=O) groups is 1. The van der Waals surface area contributed by atoms with E-state index in [0.717, 1.165) is 18.6 Å². The molecule has 0 aliphatic heterocycles. The third kappa shape index (κ3) is 3.59. The lowest BCUT2D eigenvalue weighted by molar-refractivity contribution is 0.0923. The number of nitrogens with zero attached hydrogens (tertiary/aromatic N) is 2. The van der Waals surface area contributed by atoms with Gasteiger partial charge in [0.15, 0.2) is 5.69 Å². The van der Waals surface area contributed by atoms with Gasteiger partial charge in [0.1, 0.15) is 17.6 Å². The number of aromatic nitrogens is 2. The van der Waals surface area contributed by atoms with Crippen LogP contribution in [0, 0.1) is 0 Å². The molecule has 2 aromatic heterocycles. The van der Waals surface area contributed by atoms with Gasteiger partial charge in [-0.25, -0.2) is 0 Å². The van der Waals surface area contributed by atoms with Gasteiger partial charge in [0.25, 0.3) is 5.91 Å². The van der Waals surface area contributed by atoms with Crippen LogP contribution in [0.15, 0.2) is 35.1 Å². The monoisotopic (exact) mass is 287 g/mol. The Morgan fingerprint density at radius 2 is 2.43 bits per heavy atom. The van der Waals surface area contributed by atoms with Gasteiger partial charge in [0.05, 0.1) is 12.7 Å². The van der Waals surface area contributed by atoms with Crippen molar-refractivity contribution in [3.05, 3.63) is 42.0 Å². The summed E-state index contributed by atoms with van der Waals surface area (Å²) in [6.45, 7) is 2.27. The Bertz CT molecular complexity index is 608. The highest BCUT2D eigenvalue weighted by Crippen LogP contribution is 2.40. The van der Waals surface area contributed by atoms with E-state index in [1.165, 1.54) is 0 Å². The molecule has 0 spiro atoms. The summed E-state index contributed by atoms with van der Waals surface area (Å²) >= 11 is 0. The van der Waals surface area contributed by atoms with Crippen LogP contribution in [0.1, 0.15) is 41.9 Å². The highest BCUT2D eigenvalue weighted by atomic mass is 16.5. The Labute approximate surface area is 122 Å². The van der Waals surface area contributed by atoms with Gasteiger partial charge < -0.3 is 14.6 Å². The molecule has 0 aromatic carbocycles. The molecule has 0 bridgehead atoms. The van der Waals surface area contributed by atoms with E-state index in [9.17, 15) is 4.79 Å². The number of pyridine rings is 1. The average Bonchev–Trinajstić information content (AvgIpc) is 3.23. The van der Waals surface area contributed by atoms with Crippen LogP contribution in [0.2, 0.25) is 0 Å². The summed E-state index contributed by atoms with van der Waals surface area (Å²) in [5.41, 5.74) is 0.325. The normalized spacial score (nSPS) is 15.5. The predicted molar refractivity (Wildman–Crippen MR) is 75.1 cm³/mol. The SMILES string of the molecule is C[C@H](CNC(=O)c1cc(C2CC2)on1)Oc1cccnc1. The zero-order chi connectivity index (χ0) is 14.7. The average molecular weight is 287 g/mol. The minimum absolute atomic E-state index is 0.159. The predicted octanol–water partition coefficient (Wildman–Crippen LogP) is 2.14. The number of hydrogen-bond donors (Lipinski definition) is 1. The molecule has 110 valence electrons. The van der Waals surface area contributed by atoms with Crippen molar-refractivity contribution in [3.8, 4) is 5.75 Å². The second kappa shape index (κ2) is 5.95. The molecule has 21 heavy (non-hydrogen) atoms. The van der Waals surface area contributed by atoms with Crippen LogP contribution in [0.3, 0.4) is 0 Å². The first-order valence-electron chi connectivity index (χ1n) is 7.04. The molecule has 6 nitrogen and oxygen atoms in total. The van der Waals surface area contributed by atoms with Crippen molar-refractivity contribution in [2.45, 2.75) is 31.8 Å². The standard InChI is InChI=1S/C15H17N3O3/c1-10(20-12-3-2-6-16-9-12)8-17-15(19)13-7-14(21-18-13)11-4-5-11/h2-3,6-7,9-11H,4-5,8H2,1H3,(H,17,19)/t10-/m1/s1. The van der Waals surface area contributed by atoms with Crippen LogP contribution in [0.25, 0.3) is 0 Å². The van der Waals surface area contributed by atoms with Crippen molar-refractivity contribution in [2.75, 3.05) is 6.54 Å². The first kappa shape index (κ1) is 13.6. The number of hydrogen-bond acceptors (Lipinski definition) is 5. The summed E-state index contributed by atoms with van der Waals surface area (Å²) < 4.78 is 10.8. The molecule has 1 amide bonds. The third-order valence-electron chi connectivity index (χ3n) is 3.26. The largest absolute Gasteiger partial charge is 0.487 e. The zero-order valence-corrected chi connectivity index (χ0v) is 11.8. The molecule has 2 heterocycles. The quantitative estimate of drug-likeness (QED) is 0.880. The van der Waals surface area contributed by atoms with Gasteiger partial charge in [-0.1, -0.05) is 5.16 Å². The number of nitrogens with one attached hydrogen (secondary N) is 1. The summed E-state index contributed by atoms with van der Waals surface area (Å²) in [4.78, 5) is 15.9. The van der Waals surface area contributed by atoms with E-state index >= 15 is 0 Å². The van der Waals surface area contributed by atoms with Crippen molar-refractivity contribution >= 4 is 5.91 Å². The molecule has 3 rings (SSSR count). The summed E-state index contributed by atoms with van der Waals surface area (Å²) in [6, 6.07) is 5.35. The Morgan fingerprint density at radius 3 is 3.14 bits per heavy atom. The molecule has 6 heteroatoms. The van der Waals surface area contributed by atoms with Gasteiger partial charge in [0, 0.05) is 18.2 Å². The maximum Gasteiger partial charge on any atom is 0.273 e. The maximum atomic E-state index is 12.0. The molecule has 2 aromatic rings. The molecule has 1 atom stereocenters. The van der Waals surface area contributed by atoms with E-state index in [2.05, 4.69) is 15.5 Å². The molecular formula is C15H17N3O3. The fourth-order valence-corrected chi connectivity index (χ4v) is 1.97. The molecule has 0 saturated heterocycles. The Balaban J connectivity index is 1.48. The van der Waals surface area contributed by atoms with Gasteiger partial charge in [-0.3, -0.25) is 9.78 Å². The fourth-order valence-electron chi connectivity index (χ4n) is 1.97. The molecule has 1 N–H and O–H groups in total. The van der Waals surface area contributed by atoms with Crippen LogP contribution < -0.4 is 10.1 Å². The Kier molecular flexibility index (Phi) is 3.85. The Hall–Kier alpha value is -2.37. The third-order valence-corrected chi connectivity index (χ3v) is 3.26. The molecule has 0 unspecified atom stereocenters. The van der Waals surface area contributed by atoms with E-state index in [0.29, 0.717) is 23.9 Å². The van der Waals surface area contributed by atoms with Gasteiger partial charge >= 0.3 is 0 Å². The molecule has 1 fully saturated rings. The van der Waals surface area contributed by atoms with Crippen molar-refractivity contribution in [3.63, 3.8) is 0 Å². The number of ether oxygens (including phenoxy) is 1. The zero-order valence-electron chi connectivity index (χ0n) is 11.8. The van der Waals surface area contributed by atoms with Gasteiger partial charge in [-0.05, 0) is 31.9 Å².